The molecule has 3 heteroatoms. The summed E-state index contributed by atoms with van der Waals surface area (Å²) in [6, 6.07) is 15.0. The highest BCUT2D eigenvalue weighted by atomic mass is 35.5. The first-order valence-corrected chi connectivity index (χ1v) is 6.13. The molecular formula is C15H14ClNO. The smallest absolute Gasteiger partial charge is 0.169 e. The summed E-state index contributed by atoms with van der Waals surface area (Å²) in [6.07, 6.45) is 0.400. The van der Waals surface area contributed by atoms with Crippen LogP contribution in [0.1, 0.15) is 15.9 Å². The number of nitrogens with one attached hydrogen (secondary N) is 1. The van der Waals surface area contributed by atoms with E-state index in [1.807, 2.05) is 30.3 Å². The van der Waals surface area contributed by atoms with E-state index < -0.39 is 0 Å². The van der Waals surface area contributed by atoms with Crippen LogP contribution in [0.15, 0.2) is 48.5 Å². The molecule has 2 rings (SSSR count). The molecule has 0 atom stereocenters. The normalized spacial score (nSPS) is 10.1. The maximum atomic E-state index is 12.2. The van der Waals surface area contributed by atoms with Gasteiger partial charge in [0.05, 0.1) is 0 Å². The van der Waals surface area contributed by atoms with Crippen molar-refractivity contribution in [2.45, 2.75) is 6.42 Å². The second-order valence-electron chi connectivity index (χ2n) is 4.03. The molecule has 0 saturated heterocycles. The summed E-state index contributed by atoms with van der Waals surface area (Å²) in [4.78, 5) is 12.2. The molecule has 1 N–H and O–H groups in total. The Kier molecular flexibility index (Phi) is 4.00. The van der Waals surface area contributed by atoms with E-state index in [-0.39, 0.29) is 5.78 Å². The summed E-state index contributed by atoms with van der Waals surface area (Å²) in [5, 5.41) is 3.62. The van der Waals surface area contributed by atoms with Crippen molar-refractivity contribution in [3.05, 3.63) is 64.7 Å². The maximum Gasteiger partial charge on any atom is 0.169 e. The van der Waals surface area contributed by atoms with Crippen molar-refractivity contribution >= 4 is 23.1 Å². The third-order valence-corrected chi connectivity index (χ3v) is 2.99. The molecule has 0 fully saturated rings. The molecule has 0 aliphatic carbocycles. The van der Waals surface area contributed by atoms with Crippen LogP contribution in [-0.4, -0.2) is 12.8 Å². The third-order valence-electron chi connectivity index (χ3n) is 2.76. The van der Waals surface area contributed by atoms with E-state index in [1.54, 1.807) is 25.2 Å². The fourth-order valence-electron chi connectivity index (χ4n) is 1.84. The Morgan fingerprint density at radius 1 is 1.17 bits per heavy atom. The van der Waals surface area contributed by atoms with Gasteiger partial charge in [0.1, 0.15) is 0 Å². The maximum absolute atomic E-state index is 12.2. The first-order valence-electron chi connectivity index (χ1n) is 5.75. The highest BCUT2D eigenvalue weighted by Crippen LogP contribution is 2.22. The van der Waals surface area contributed by atoms with Gasteiger partial charge in [-0.2, -0.15) is 0 Å². The molecule has 0 bridgehead atoms. The van der Waals surface area contributed by atoms with Crippen molar-refractivity contribution in [2.75, 3.05) is 12.4 Å². The Morgan fingerprint density at radius 3 is 2.56 bits per heavy atom. The van der Waals surface area contributed by atoms with Gasteiger partial charge in [0, 0.05) is 29.7 Å². The van der Waals surface area contributed by atoms with Gasteiger partial charge in [-0.1, -0.05) is 41.9 Å². The lowest BCUT2D eigenvalue weighted by Crippen LogP contribution is -2.07. The van der Waals surface area contributed by atoms with Crippen LogP contribution in [0.25, 0.3) is 0 Å². The van der Waals surface area contributed by atoms with Crippen molar-refractivity contribution in [2.24, 2.45) is 0 Å². The zero-order valence-electron chi connectivity index (χ0n) is 10.1. The zero-order valence-corrected chi connectivity index (χ0v) is 10.9. The Balaban J connectivity index is 2.24. The Bertz CT molecular complexity index is 552. The quantitative estimate of drug-likeness (QED) is 0.846. The topological polar surface area (TPSA) is 29.1 Å². The summed E-state index contributed by atoms with van der Waals surface area (Å²) < 4.78 is 0. The number of rotatable bonds is 4. The third kappa shape index (κ3) is 2.90. The molecule has 0 spiro atoms. The van der Waals surface area contributed by atoms with Crippen molar-refractivity contribution in [3.63, 3.8) is 0 Å². The molecule has 0 aliphatic heterocycles. The molecule has 92 valence electrons. The van der Waals surface area contributed by atoms with Gasteiger partial charge < -0.3 is 5.32 Å². The van der Waals surface area contributed by atoms with Crippen molar-refractivity contribution in [3.8, 4) is 0 Å². The van der Waals surface area contributed by atoms with Gasteiger partial charge in [0.25, 0.3) is 0 Å². The standard InChI is InChI=1S/C15H14ClNO/c1-17-14-10-12(16)7-8-13(14)15(18)9-11-5-3-2-4-6-11/h2-8,10,17H,9H2,1H3. The SMILES string of the molecule is CNc1cc(Cl)ccc1C(=O)Cc1ccccc1. The summed E-state index contributed by atoms with van der Waals surface area (Å²) in [7, 11) is 1.78. The summed E-state index contributed by atoms with van der Waals surface area (Å²) >= 11 is 5.91. The second kappa shape index (κ2) is 5.69. The van der Waals surface area contributed by atoms with Gasteiger partial charge in [0.15, 0.2) is 5.78 Å². The number of halogens is 1. The van der Waals surface area contributed by atoms with Crippen molar-refractivity contribution in [1.82, 2.24) is 0 Å². The monoisotopic (exact) mass is 259 g/mol. The summed E-state index contributed by atoms with van der Waals surface area (Å²) in [5.41, 5.74) is 2.45. The van der Waals surface area contributed by atoms with Crippen LogP contribution < -0.4 is 5.32 Å². The molecule has 0 saturated carbocycles. The molecule has 18 heavy (non-hydrogen) atoms. The first kappa shape index (κ1) is 12.7. The fourth-order valence-corrected chi connectivity index (χ4v) is 2.02. The highest BCUT2D eigenvalue weighted by Gasteiger charge is 2.11. The molecule has 0 amide bonds. The number of ketones is 1. The van der Waals surface area contributed by atoms with Crippen LogP contribution >= 0.6 is 11.6 Å². The van der Waals surface area contributed by atoms with Crippen LogP contribution in [0, 0.1) is 0 Å². The fraction of sp³-hybridized carbons (Fsp3) is 0.133. The van der Waals surface area contributed by atoms with E-state index in [2.05, 4.69) is 5.32 Å². The number of carbonyl (C=O) groups excluding carboxylic acids is 1. The molecule has 0 radical (unpaired) electrons. The molecule has 2 aromatic rings. The average molecular weight is 260 g/mol. The van der Waals surface area contributed by atoms with Gasteiger partial charge in [-0.05, 0) is 23.8 Å². The van der Waals surface area contributed by atoms with E-state index in [4.69, 9.17) is 11.6 Å². The van der Waals surface area contributed by atoms with Gasteiger partial charge >= 0.3 is 0 Å². The van der Waals surface area contributed by atoms with Gasteiger partial charge in [-0.3, -0.25) is 4.79 Å². The molecule has 2 aromatic carbocycles. The van der Waals surface area contributed by atoms with Crippen LogP contribution in [0.4, 0.5) is 5.69 Å². The number of hydrogen-bond acceptors (Lipinski definition) is 2. The van der Waals surface area contributed by atoms with Crippen LogP contribution in [0.3, 0.4) is 0 Å². The largest absolute Gasteiger partial charge is 0.387 e. The lowest BCUT2D eigenvalue weighted by atomic mass is 10.0. The summed E-state index contributed by atoms with van der Waals surface area (Å²) in [6.45, 7) is 0. The van der Waals surface area contributed by atoms with Crippen molar-refractivity contribution < 1.29 is 4.79 Å². The minimum Gasteiger partial charge on any atom is -0.387 e. The number of anilines is 1. The van der Waals surface area contributed by atoms with E-state index in [1.165, 1.54) is 0 Å². The molecular weight excluding hydrogens is 246 g/mol. The molecule has 0 unspecified atom stereocenters. The lowest BCUT2D eigenvalue weighted by Gasteiger charge is -2.08. The van der Waals surface area contributed by atoms with E-state index >= 15 is 0 Å². The van der Waals surface area contributed by atoms with Crippen molar-refractivity contribution in [1.29, 1.82) is 0 Å². The molecule has 0 aliphatic rings. The van der Waals surface area contributed by atoms with E-state index in [9.17, 15) is 4.79 Å². The Hall–Kier alpha value is -1.80. The Morgan fingerprint density at radius 2 is 1.89 bits per heavy atom. The molecule has 0 heterocycles. The first-order chi connectivity index (χ1) is 8.70. The predicted molar refractivity (Wildman–Crippen MR) is 75.5 cm³/mol. The van der Waals surface area contributed by atoms with Gasteiger partial charge in [0.2, 0.25) is 0 Å². The van der Waals surface area contributed by atoms with E-state index in [0.717, 1.165) is 11.3 Å². The summed E-state index contributed by atoms with van der Waals surface area (Å²) in [5.74, 6) is 0.0854. The Labute approximate surface area is 112 Å². The number of carbonyl (C=O) groups is 1. The van der Waals surface area contributed by atoms with Crippen LogP contribution in [0.2, 0.25) is 5.02 Å². The van der Waals surface area contributed by atoms with Crippen LogP contribution in [0.5, 0.6) is 0 Å². The minimum atomic E-state index is 0.0854. The lowest BCUT2D eigenvalue weighted by molar-refractivity contribution is 0.0994. The average Bonchev–Trinajstić information content (AvgIpc) is 2.39. The zero-order chi connectivity index (χ0) is 13.0. The predicted octanol–water partition coefficient (Wildman–Crippen LogP) is 3.81. The highest BCUT2D eigenvalue weighted by molar-refractivity contribution is 6.31. The van der Waals surface area contributed by atoms with Crippen LogP contribution in [-0.2, 0) is 6.42 Å². The second-order valence-corrected chi connectivity index (χ2v) is 4.46. The number of hydrogen-bond donors (Lipinski definition) is 1. The van der Waals surface area contributed by atoms with Gasteiger partial charge in [-0.25, -0.2) is 0 Å². The molecule has 2 nitrogen and oxygen atoms in total. The minimum absolute atomic E-state index is 0.0854. The number of benzene rings is 2. The van der Waals surface area contributed by atoms with E-state index in [0.29, 0.717) is 17.0 Å². The molecule has 0 aromatic heterocycles. The number of Topliss-reactive ketones (excluding diaryl/α,β-unsaturated/α-hetero) is 1. The van der Waals surface area contributed by atoms with Gasteiger partial charge in [-0.15, -0.1) is 0 Å².